The molecule has 0 aliphatic heterocycles. The zero-order valence-electron chi connectivity index (χ0n) is 13.4. The van der Waals surface area contributed by atoms with E-state index in [9.17, 15) is 8.42 Å². The maximum atomic E-state index is 12.6. The topological polar surface area (TPSA) is 76.9 Å². The maximum Gasteiger partial charge on any atom is 0.263 e. The van der Waals surface area contributed by atoms with Gasteiger partial charge in [-0.1, -0.05) is 23.2 Å². The van der Waals surface area contributed by atoms with Crippen molar-refractivity contribution in [3.63, 3.8) is 0 Å². The van der Waals surface area contributed by atoms with E-state index in [0.717, 1.165) is 5.82 Å². The molecule has 0 unspecified atom stereocenters. The number of nitrogens with one attached hydrogen (secondary N) is 1. The molecule has 0 atom stereocenters. The number of hydrogen-bond acceptors (Lipinski definition) is 4. The first-order valence-electron chi connectivity index (χ1n) is 7.23. The first-order valence-corrected chi connectivity index (χ1v) is 9.47. The van der Waals surface area contributed by atoms with Crippen LogP contribution in [0.5, 0.6) is 0 Å². The van der Waals surface area contributed by atoms with E-state index in [2.05, 4.69) is 14.7 Å². The van der Waals surface area contributed by atoms with Gasteiger partial charge >= 0.3 is 0 Å². The summed E-state index contributed by atoms with van der Waals surface area (Å²) in [6.07, 6.45) is 4.87. The van der Waals surface area contributed by atoms with Gasteiger partial charge in [0.25, 0.3) is 10.0 Å². The van der Waals surface area contributed by atoms with Gasteiger partial charge in [-0.25, -0.2) is 18.4 Å². The van der Waals surface area contributed by atoms with Gasteiger partial charge in [0.2, 0.25) is 0 Å². The van der Waals surface area contributed by atoms with E-state index in [-0.39, 0.29) is 9.92 Å². The zero-order valence-corrected chi connectivity index (χ0v) is 15.7. The molecule has 0 aliphatic carbocycles. The van der Waals surface area contributed by atoms with Crippen molar-refractivity contribution in [3.05, 3.63) is 64.3 Å². The number of nitrogens with zero attached hydrogens (tertiary/aromatic N) is 3. The number of pyridine rings is 1. The fourth-order valence-corrected chi connectivity index (χ4v) is 4.13. The van der Waals surface area contributed by atoms with Gasteiger partial charge in [-0.3, -0.25) is 9.29 Å². The summed E-state index contributed by atoms with van der Waals surface area (Å²) in [5.74, 6) is 1.42. The lowest BCUT2D eigenvalue weighted by Crippen LogP contribution is -2.14. The Balaban J connectivity index is 1.89. The molecule has 0 fully saturated rings. The summed E-state index contributed by atoms with van der Waals surface area (Å²) < 4.78 is 29.4. The zero-order chi connectivity index (χ0) is 18.2. The molecule has 3 aromatic rings. The van der Waals surface area contributed by atoms with Crippen LogP contribution in [0.25, 0.3) is 5.82 Å². The van der Waals surface area contributed by atoms with E-state index in [1.807, 2.05) is 6.92 Å². The molecule has 2 aromatic heterocycles. The SMILES string of the molecule is Cc1cc(S(=O)(=O)Nc2ccc(-n3ccnc3C)nc2)c(Cl)cc1Cl. The molecule has 2 heterocycles. The lowest BCUT2D eigenvalue weighted by molar-refractivity contribution is 0.601. The minimum Gasteiger partial charge on any atom is -0.288 e. The highest BCUT2D eigenvalue weighted by molar-refractivity contribution is 7.92. The van der Waals surface area contributed by atoms with Crippen LogP contribution >= 0.6 is 23.2 Å². The van der Waals surface area contributed by atoms with Gasteiger partial charge in [-0.05, 0) is 43.7 Å². The molecule has 0 radical (unpaired) electrons. The number of sulfonamides is 1. The molecular weight excluding hydrogens is 383 g/mol. The standard InChI is InChI=1S/C16H14Cl2N4O2S/c1-10-7-15(14(18)8-13(10)17)25(23,24)21-12-3-4-16(20-9-12)22-6-5-19-11(22)2/h3-9,21H,1-2H3. The third kappa shape index (κ3) is 3.63. The molecule has 3 rings (SSSR count). The van der Waals surface area contributed by atoms with Crippen molar-refractivity contribution in [1.29, 1.82) is 0 Å². The number of imidazole rings is 1. The molecule has 1 N–H and O–H groups in total. The van der Waals surface area contributed by atoms with Crippen molar-refractivity contribution in [2.45, 2.75) is 18.7 Å². The lowest BCUT2D eigenvalue weighted by Gasteiger charge is -2.11. The van der Waals surface area contributed by atoms with Crippen molar-refractivity contribution in [1.82, 2.24) is 14.5 Å². The van der Waals surface area contributed by atoms with Gasteiger partial charge in [-0.15, -0.1) is 0 Å². The average molecular weight is 397 g/mol. The van der Waals surface area contributed by atoms with Crippen LogP contribution in [0.2, 0.25) is 10.0 Å². The van der Waals surface area contributed by atoms with Crippen molar-refractivity contribution in [2.24, 2.45) is 0 Å². The summed E-state index contributed by atoms with van der Waals surface area (Å²) in [5, 5.41) is 0.465. The van der Waals surface area contributed by atoms with Crippen LogP contribution in [-0.2, 0) is 10.0 Å². The van der Waals surface area contributed by atoms with Gasteiger partial charge in [-0.2, -0.15) is 0 Å². The van der Waals surface area contributed by atoms with Crippen LogP contribution < -0.4 is 4.72 Å². The molecule has 0 saturated carbocycles. The maximum absolute atomic E-state index is 12.6. The fraction of sp³-hybridized carbons (Fsp3) is 0.125. The third-order valence-electron chi connectivity index (χ3n) is 3.58. The minimum absolute atomic E-state index is 0.0365. The molecule has 0 aliphatic rings. The van der Waals surface area contributed by atoms with Crippen LogP contribution in [0.15, 0.2) is 47.8 Å². The number of rotatable bonds is 4. The molecule has 6 nitrogen and oxygen atoms in total. The summed E-state index contributed by atoms with van der Waals surface area (Å²) in [6.45, 7) is 3.56. The third-order valence-corrected chi connectivity index (χ3v) is 5.83. The molecule has 0 bridgehead atoms. The Morgan fingerprint density at radius 3 is 2.44 bits per heavy atom. The summed E-state index contributed by atoms with van der Waals surface area (Å²) >= 11 is 12.0. The van der Waals surface area contributed by atoms with Gasteiger partial charge in [0.1, 0.15) is 16.5 Å². The van der Waals surface area contributed by atoms with Gasteiger partial charge in [0.15, 0.2) is 0 Å². The quantitative estimate of drug-likeness (QED) is 0.722. The molecular formula is C16H14Cl2N4O2S. The second-order valence-corrected chi connectivity index (χ2v) is 7.85. The lowest BCUT2D eigenvalue weighted by atomic mass is 10.2. The number of halogens is 2. The number of anilines is 1. The highest BCUT2D eigenvalue weighted by Gasteiger charge is 2.20. The van der Waals surface area contributed by atoms with Crippen molar-refractivity contribution in [2.75, 3.05) is 4.72 Å². The van der Waals surface area contributed by atoms with Crippen LogP contribution in [0.1, 0.15) is 11.4 Å². The summed E-state index contributed by atoms with van der Waals surface area (Å²) in [4.78, 5) is 8.34. The van der Waals surface area contributed by atoms with Crippen molar-refractivity contribution in [3.8, 4) is 5.82 Å². The number of hydrogen-bond donors (Lipinski definition) is 1. The smallest absolute Gasteiger partial charge is 0.263 e. The number of aryl methyl sites for hydroxylation is 2. The van der Waals surface area contributed by atoms with Crippen LogP contribution in [0.4, 0.5) is 5.69 Å². The van der Waals surface area contributed by atoms with E-state index in [4.69, 9.17) is 23.2 Å². The second-order valence-electron chi connectivity index (χ2n) is 5.39. The van der Waals surface area contributed by atoms with Gasteiger partial charge in [0, 0.05) is 17.4 Å². The minimum atomic E-state index is -3.86. The van der Waals surface area contributed by atoms with E-state index in [0.29, 0.717) is 22.1 Å². The Bertz CT molecular complexity index is 1030. The molecule has 0 saturated heterocycles. The van der Waals surface area contributed by atoms with Crippen LogP contribution in [-0.4, -0.2) is 23.0 Å². The first-order chi connectivity index (χ1) is 11.8. The van der Waals surface area contributed by atoms with Crippen LogP contribution in [0.3, 0.4) is 0 Å². The van der Waals surface area contributed by atoms with Crippen molar-refractivity contribution >= 4 is 38.9 Å². The average Bonchev–Trinajstić information content (AvgIpc) is 2.97. The number of aromatic nitrogens is 3. The summed E-state index contributed by atoms with van der Waals surface area (Å²) in [7, 11) is -3.86. The summed E-state index contributed by atoms with van der Waals surface area (Å²) in [5.41, 5.74) is 0.945. The molecule has 1 aromatic carbocycles. The van der Waals surface area contributed by atoms with Gasteiger partial charge < -0.3 is 0 Å². The van der Waals surface area contributed by atoms with Crippen LogP contribution in [0, 0.1) is 13.8 Å². The molecule has 130 valence electrons. The Kier molecular flexibility index (Phi) is 4.73. The monoisotopic (exact) mass is 396 g/mol. The molecule has 0 spiro atoms. The Labute approximate surface area is 155 Å². The fourth-order valence-electron chi connectivity index (χ4n) is 2.26. The largest absolute Gasteiger partial charge is 0.288 e. The van der Waals surface area contributed by atoms with E-state index in [1.54, 1.807) is 36.0 Å². The van der Waals surface area contributed by atoms with Gasteiger partial charge in [0.05, 0.1) is 16.9 Å². The summed E-state index contributed by atoms with van der Waals surface area (Å²) in [6, 6.07) is 6.16. The predicted molar refractivity (Wildman–Crippen MR) is 98.1 cm³/mol. The molecule has 25 heavy (non-hydrogen) atoms. The number of benzene rings is 1. The highest BCUT2D eigenvalue weighted by atomic mass is 35.5. The van der Waals surface area contributed by atoms with E-state index in [1.165, 1.54) is 18.3 Å². The normalized spacial score (nSPS) is 11.5. The first kappa shape index (κ1) is 17.7. The molecule has 9 heteroatoms. The highest BCUT2D eigenvalue weighted by Crippen LogP contribution is 2.29. The molecule has 0 amide bonds. The predicted octanol–water partition coefficient (Wildman–Crippen LogP) is 3.99. The Morgan fingerprint density at radius 1 is 1.08 bits per heavy atom. The second kappa shape index (κ2) is 6.67. The Hall–Kier alpha value is -2.09. The van der Waals surface area contributed by atoms with Crippen molar-refractivity contribution < 1.29 is 8.42 Å². The van der Waals surface area contributed by atoms with E-state index >= 15 is 0 Å². The Morgan fingerprint density at radius 2 is 1.84 bits per heavy atom. The van der Waals surface area contributed by atoms with E-state index < -0.39 is 10.0 Å².